The molecule has 2 N–H and O–H groups in total. The van der Waals surface area contributed by atoms with Gasteiger partial charge in [-0.1, -0.05) is 72.3 Å². The molecule has 0 saturated carbocycles. The highest BCUT2D eigenvalue weighted by molar-refractivity contribution is 6.30. The molecule has 230 valence electrons. The van der Waals surface area contributed by atoms with Crippen molar-refractivity contribution in [3.05, 3.63) is 125 Å². The Morgan fingerprint density at radius 1 is 0.756 bits per heavy atom. The number of hydrogen-bond acceptors (Lipinski definition) is 7. The summed E-state index contributed by atoms with van der Waals surface area (Å²) in [5.74, 6) is -0.508. The lowest BCUT2D eigenvalue weighted by atomic mass is 10.0. The second-order valence-corrected chi connectivity index (χ2v) is 11.3. The van der Waals surface area contributed by atoms with Crippen LogP contribution in [-0.2, 0) is 22.7 Å². The number of hydrogen-bond donors (Lipinski definition) is 2. The molecule has 4 aromatic rings. The molecular formula is C34H31ClN4O6. The summed E-state index contributed by atoms with van der Waals surface area (Å²) in [6, 6.07) is 29.2. The molecule has 3 amide bonds. The Labute approximate surface area is 265 Å². The fourth-order valence-corrected chi connectivity index (χ4v) is 5.75. The van der Waals surface area contributed by atoms with Crippen LogP contribution in [0.15, 0.2) is 103 Å². The lowest BCUT2D eigenvalue weighted by Gasteiger charge is -2.32. The lowest BCUT2D eigenvalue weighted by Crippen LogP contribution is -2.50. The average molecular weight is 627 g/mol. The molecule has 2 unspecified atom stereocenters. The standard InChI is InChI=1S/C34H31ClN4O6/c35-26-13-11-25(12-14-26)32(41)36-30-16-15-27(18-31(30)40)37-19-28-17-29(20-37)39(34(43)45-22-24-9-5-2-6-10-24)38(28)33(42)44-21-23-7-3-1-4-8-23/h1-16,18,28-29,40H,17,19-22H2,(H,36,41). The van der Waals surface area contributed by atoms with Gasteiger partial charge in [-0.3, -0.25) is 4.79 Å². The second-order valence-electron chi connectivity index (χ2n) is 10.9. The number of fused-ring (bicyclic) bond motifs is 2. The first-order valence-corrected chi connectivity index (χ1v) is 14.9. The first kappa shape index (κ1) is 29.8. The first-order valence-electron chi connectivity index (χ1n) is 14.5. The predicted octanol–water partition coefficient (Wildman–Crippen LogP) is 6.45. The van der Waals surface area contributed by atoms with Crippen LogP contribution >= 0.6 is 11.6 Å². The van der Waals surface area contributed by atoms with Crippen LogP contribution in [-0.4, -0.2) is 58.4 Å². The monoisotopic (exact) mass is 626 g/mol. The Morgan fingerprint density at radius 2 is 1.29 bits per heavy atom. The molecule has 2 bridgehead atoms. The van der Waals surface area contributed by atoms with Crippen molar-refractivity contribution in [3.8, 4) is 5.75 Å². The molecule has 10 nitrogen and oxygen atoms in total. The quantitative estimate of drug-likeness (QED) is 0.227. The summed E-state index contributed by atoms with van der Waals surface area (Å²) in [6.07, 6.45) is -0.751. The molecule has 0 aliphatic carbocycles. The van der Waals surface area contributed by atoms with E-state index in [1.54, 1.807) is 42.5 Å². The van der Waals surface area contributed by atoms with Gasteiger partial charge in [0.2, 0.25) is 0 Å². The van der Waals surface area contributed by atoms with E-state index in [4.69, 9.17) is 21.1 Å². The van der Waals surface area contributed by atoms with E-state index < -0.39 is 12.2 Å². The summed E-state index contributed by atoms with van der Waals surface area (Å²) in [6.45, 7) is 0.882. The van der Waals surface area contributed by atoms with Gasteiger partial charge in [-0.05, 0) is 53.9 Å². The number of anilines is 2. The Balaban J connectivity index is 1.18. The van der Waals surface area contributed by atoms with Crippen molar-refractivity contribution in [2.24, 2.45) is 0 Å². The maximum absolute atomic E-state index is 13.5. The first-order chi connectivity index (χ1) is 21.9. The van der Waals surface area contributed by atoms with Gasteiger partial charge in [-0.15, -0.1) is 0 Å². The largest absolute Gasteiger partial charge is 0.506 e. The van der Waals surface area contributed by atoms with Gasteiger partial charge >= 0.3 is 12.2 Å². The minimum atomic E-state index is -0.645. The number of carbonyl (C=O) groups excluding carboxylic acids is 3. The van der Waals surface area contributed by atoms with Crippen molar-refractivity contribution in [2.45, 2.75) is 31.7 Å². The van der Waals surface area contributed by atoms with Gasteiger partial charge < -0.3 is 24.8 Å². The Morgan fingerprint density at radius 3 is 1.80 bits per heavy atom. The number of nitrogens with zero attached hydrogens (tertiary/aromatic N) is 3. The summed E-state index contributed by atoms with van der Waals surface area (Å²) in [4.78, 5) is 41.6. The summed E-state index contributed by atoms with van der Waals surface area (Å²) in [7, 11) is 0. The molecule has 6 rings (SSSR count). The number of aromatic hydroxyl groups is 1. The molecule has 11 heteroatoms. The SMILES string of the molecule is O=C(Nc1ccc(N2CC3CC(C2)N(C(=O)OCc2ccccc2)N3C(=O)OCc2ccccc2)cc1O)c1ccc(Cl)cc1. The van der Waals surface area contributed by atoms with Crippen LogP contribution < -0.4 is 10.2 Å². The Bertz CT molecular complexity index is 1600. The number of benzene rings is 4. The third-order valence-electron chi connectivity index (χ3n) is 7.82. The Kier molecular flexibility index (Phi) is 8.74. The van der Waals surface area contributed by atoms with Crippen LogP contribution in [0.2, 0.25) is 5.02 Å². The van der Waals surface area contributed by atoms with E-state index >= 15 is 0 Å². The van der Waals surface area contributed by atoms with Gasteiger partial charge in [0.15, 0.2) is 0 Å². The van der Waals surface area contributed by atoms with E-state index in [-0.39, 0.29) is 42.6 Å². The third-order valence-corrected chi connectivity index (χ3v) is 8.07. The van der Waals surface area contributed by atoms with Gasteiger partial charge in [-0.2, -0.15) is 0 Å². The van der Waals surface area contributed by atoms with Crippen LogP contribution in [0.25, 0.3) is 0 Å². The highest BCUT2D eigenvalue weighted by Gasteiger charge is 2.50. The van der Waals surface area contributed by atoms with Crippen LogP contribution in [0.5, 0.6) is 5.75 Å². The van der Waals surface area contributed by atoms with Crippen LogP contribution in [0.3, 0.4) is 0 Å². The highest BCUT2D eigenvalue weighted by Crippen LogP contribution is 2.37. The van der Waals surface area contributed by atoms with E-state index in [2.05, 4.69) is 5.32 Å². The molecular weight excluding hydrogens is 596 g/mol. The lowest BCUT2D eigenvalue weighted by molar-refractivity contribution is -0.0199. The van der Waals surface area contributed by atoms with Gasteiger partial charge in [-0.25, -0.2) is 19.6 Å². The third kappa shape index (κ3) is 6.81. The van der Waals surface area contributed by atoms with E-state index in [0.29, 0.717) is 35.8 Å². The molecule has 45 heavy (non-hydrogen) atoms. The topological polar surface area (TPSA) is 112 Å². The van der Waals surface area contributed by atoms with E-state index in [9.17, 15) is 19.5 Å². The van der Waals surface area contributed by atoms with Gasteiger partial charge in [0.05, 0.1) is 17.8 Å². The normalized spacial score (nSPS) is 17.1. The fraction of sp³-hybridized carbons (Fsp3) is 0.206. The molecule has 2 saturated heterocycles. The number of halogens is 1. The predicted molar refractivity (Wildman–Crippen MR) is 169 cm³/mol. The van der Waals surface area contributed by atoms with Crippen molar-refractivity contribution in [2.75, 3.05) is 23.3 Å². The minimum absolute atomic E-state index is 0.0568. The zero-order chi connectivity index (χ0) is 31.3. The summed E-state index contributed by atoms with van der Waals surface area (Å²) >= 11 is 5.92. The number of ether oxygens (including phenoxy) is 2. The van der Waals surface area contributed by atoms with E-state index in [1.807, 2.05) is 65.6 Å². The molecule has 0 radical (unpaired) electrons. The van der Waals surface area contributed by atoms with Crippen LogP contribution in [0.1, 0.15) is 27.9 Å². The molecule has 0 aromatic heterocycles. The van der Waals surface area contributed by atoms with Crippen molar-refractivity contribution in [1.82, 2.24) is 10.0 Å². The molecule has 2 heterocycles. The van der Waals surface area contributed by atoms with Crippen molar-refractivity contribution in [1.29, 1.82) is 0 Å². The number of phenols is 1. The number of nitrogens with one attached hydrogen (secondary N) is 1. The van der Waals surface area contributed by atoms with Crippen molar-refractivity contribution in [3.63, 3.8) is 0 Å². The summed E-state index contributed by atoms with van der Waals surface area (Å²) in [5.41, 5.74) is 2.96. The van der Waals surface area contributed by atoms with Gasteiger partial charge in [0.1, 0.15) is 19.0 Å². The maximum Gasteiger partial charge on any atom is 0.429 e. The molecule has 2 fully saturated rings. The minimum Gasteiger partial charge on any atom is -0.506 e. The highest BCUT2D eigenvalue weighted by atomic mass is 35.5. The van der Waals surface area contributed by atoms with Gasteiger partial charge in [0.25, 0.3) is 5.91 Å². The van der Waals surface area contributed by atoms with Crippen LogP contribution in [0, 0.1) is 0 Å². The number of phenolic OH excluding ortho intramolecular Hbond substituents is 1. The number of piperidine rings is 1. The van der Waals surface area contributed by atoms with Crippen molar-refractivity contribution >= 4 is 41.1 Å². The molecule has 2 aliphatic heterocycles. The van der Waals surface area contributed by atoms with Gasteiger partial charge in [0, 0.05) is 35.4 Å². The average Bonchev–Trinajstić information content (AvgIpc) is 3.33. The number of rotatable bonds is 7. The van der Waals surface area contributed by atoms with E-state index in [1.165, 1.54) is 10.0 Å². The fourth-order valence-electron chi connectivity index (χ4n) is 5.63. The zero-order valence-corrected chi connectivity index (χ0v) is 25.0. The molecule has 2 atom stereocenters. The molecule has 0 spiro atoms. The van der Waals surface area contributed by atoms with Crippen molar-refractivity contribution < 1.29 is 29.0 Å². The maximum atomic E-state index is 13.5. The molecule has 4 aromatic carbocycles. The zero-order valence-electron chi connectivity index (χ0n) is 24.2. The molecule has 2 aliphatic rings. The number of amides is 3. The summed E-state index contributed by atoms with van der Waals surface area (Å²) < 4.78 is 11.3. The second kappa shape index (κ2) is 13.2. The Hall–Kier alpha value is -5.22. The van der Waals surface area contributed by atoms with E-state index in [0.717, 1.165) is 11.1 Å². The number of hydrazine groups is 1. The van der Waals surface area contributed by atoms with Crippen LogP contribution in [0.4, 0.5) is 21.0 Å². The summed E-state index contributed by atoms with van der Waals surface area (Å²) in [5, 5.41) is 16.8. The number of carbonyl (C=O) groups is 3. The smallest absolute Gasteiger partial charge is 0.429 e.